The molecule has 2 heterocycles. The maximum atomic E-state index is 12.8. The molecule has 1 aliphatic rings. The number of nitrogens with one attached hydrogen (secondary N) is 4. The van der Waals surface area contributed by atoms with Crippen molar-refractivity contribution in [3.8, 4) is 0 Å². The van der Waals surface area contributed by atoms with Gasteiger partial charge >= 0.3 is 0 Å². The molecule has 7 nitrogen and oxygen atoms in total. The normalized spacial score (nSPS) is 14.3. The van der Waals surface area contributed by atoms with Crippen LogP contribution in [0.5, 0.6) is 0 Å². The predicted octanol–water partition coefficient (Wildman–Crippen LogP) is 3.58. The van der Waals surface area contributed by atoms with Gasteiger partial charge in [-0.15, -0.1) is 0 Å². The van der Waals surface area contributed by atoms with Gasteiger partial charge in [0.05, 0.1) is 5.52 Å². The van der Waals surface area contributed by atoms with Gasteiger partial charge in [-0.25, -0.2) is 9.97 Å². The molecular formula is C21H24N6O. The number of hydrogen-bond acceptors (Lipinski definition) is 5. The lowest BCUT2D eigenvalue weighted by molar-refractivity contribution is 0.0947. The highest BCUT2D eigenvalue weighted by molar-refractivity contribution is 6.03. The van der Waals surface area contributed by atoms with Crippen LogP contribution >= 0.6 is 0 Å². The van der Waals surface area contributed by atoms with E-state index < -0.39 is 0 Å². The van der Waals surface area contributed by atoms with Crippen LogP contribution in [-0.2, 0) is 6.54 Å². The molecule has 0 saturated heterocycles. The zero-order valence-corrected chi connectivity index (χ0v) is 15.9. The third-order valence-corrected chi connectivity index (χ3v) is 5.43. The number of rotatable bonds is 6. The van der Waals surface area contributed by atoms with Crippen LogP contribution < -0.4 is 10.6 Å². The van der Waals surface area contributed by atoms with Crippen LogP contribution in [0.3, 0.4) is 0 Å². The van der Waals surface area contributed by atoms with Crippen LogP contribution in [0.2, 0.25) is 0 Å². The number of aromatic amines is 1. The average molecular weight is 376 g/mol. The van der Waals surface area contributed by atoms with Crippen molar-refractivity contribution in [3.63, 3.8) is 0 Å². The molecule has 144 valence electrons. The zero-order valence-electron chi connectivity index (χ0n) is 15.9. The molecule has 1 amide bonds. The van der Waals surface area contributed by atoms with Gasteiger partial charge in [0.2, 0.25) is 0 Å². The Hall–Kier alpha value is -3.22. The van der Waals surface area contributed by atoms with Gasteiger partial charge in [0, 0.05) is 43.2 Å². The third kappa shape index (κ3) is 3.35. The molecule has 0 bridgehead atoms. The van der Waals surface area contributed by atoms with Crippen LogP contribution in [0.1, 0.15) is 59.0 Å². The third-order valence-electron chi connectivity index (χ3n) is 5.43. The first-order valence-electron chi connectivity index (χ1n) is 9.64. The first-order chi connectivity index (χ1) is 13.7. The van der Waals surface area contributed by atoms with Gasteiger partial charge in [-0.1, -0.05) is 25.0 Å². The lowest BCUT2D eigenvalue weighted by atomic mass is 10.1. The minimum absolute atomic E-state index is 0.263. The molecule has 1 fully saturated rings. The predicted molar refractivity (Wildman–Crippen MR) is 110 cm³/mol. The largest absolute Gasteiger partial charge is 0.388 e. The fraction of sp³-hybridized carbons (Fsp3) is 0.333. The molecule has 1 aliphatic carbocycles. The van der Waals surface area contributed by atoms with Gasteiger partial charge in [0.25, 0.3) is 5.91 Å². The SMILES string of the molecule is CNc1cccc(CNC(=O)c2nccc3[nH]c(C4CCCC4)nc23)c1C=N. The number of nitrogens with zero attached hydrogens (tertiary/aromatic N) is 2. The summed E-state index contributed by atoms with van der Waals surface area (Å²) in [5, 5.41) is 13.7. The molecular weight excluding hydrogens is 352 g/mol. The fourth-order valence-corrected chi connectivity index (χ4v) is 3.93. The molecule has 1 aromatic carbocycles. The Morgan fingerprint density at radius 3 is 2.89 bits per heavy atom. The number of carbonyl (C=O) groups is 1. The molecule has 4 rings (SSSR count). The van der Waals surface area contributed by atoms with E-state index in [4.69, 9.17) is 10.4 Å². The second-order valence-electron chi connectivity index (χ2n) is 7.11. The molecule has 1 saturated carbocycles. The van der Waals surface area contributed by atoms with Crippen molar-refractivity contribution in [1.29, 1.82) is 5.41 Å². The van der Waals surface area contributed by atoms with Gasteiger partial charge < -0.3 is 21.0 Å². The Balaban J connectivity index is 1.57. The van der Waals surface area contributed by atoms with Crippen LogP contribution in [0.15, 0.2) is 30.5 Å². The highest BCUT2D eigenvalue weighted by atomic mass is 16.1. The molecule has 0 atom stereocenters. The van der Waals surface area contributed by atoms with E-state index in [1.807, 2.05) is 31.3 Å². The molecule has 28 heavy (non-hydrogen) atoms. The summed E-state index contributed by atoms with van der Waals surface area (Å²) in [7, 11) is 1.81. The number of imidazole rings is 1. The minimum atomic E-state index is -0.263. The highest BCUT2D eigenvalue weighted by Crippen LogP contribution is 2.33. The summed E-state index contributed by atoms with van der Waals surface area (Å²) in [5.41, 5.74) is 4.29. The smallest absolute Gasteiger partial charge is 0.272 e. The number of hydrogen-bond donors (Lipinski definition) is 4. The molecule has 0 radical (unpaired) electrons. The van der Waals surface area contributed by atoms with Crippen molar-refractivity contribution in [2.45, 2.75) is 38.1 Å². The van der Waals surface area contributed by atoms with Crippen molar-refractivity contribution >= 4 is 28.8 Å². The Kier molecular flexibility index (Phi) is 5.06. The summed E-state index contributed by atoms with van der Waals surface area (Å²) in [6, 6.07) is 7.58. The van der Waals surface area contributed by atoms with E-state index in [1.54, 1.807) is 6.20 Å². The van der Waals surface area contributed by atoms with Crippen LogP contribution in [-0.4, -0.2) is 34.1 Å². The quantitative estimate of drug-likeness (QED) is 0.493. The van der Waals surface area contributed by atoms with E-state index in [2.05, 4.69) is 20.6 Å². The molecule has 0 spiro atoms. The number of benzene rings is 1. The number of H-pyrrole nitrogens is 1. The van der Waals surface area contributed by atoms with E-state index in [-0.39, 0.29) is 5.91 Å². The van der Waals surface area contributed by atoms with Gasteiger partial charge in [0.1, 0.15) is 11.3 Å². The summed E-state index contributed by atoms with van der Waals surface area (Å²) < 4.78 is 0. The summed E-state index contributed by atoms with van der Waals surface area (Å²) in [5.74, 6) is 1.14. The minimum Gasteiger partial charge on any atom is -0.388 e. The Bertz CT molecular complexity index is 1020. The second kappa shape index (κ2) is 7.80. The van der Waals surface area contributed by atoms with E-state index in [0.29, 0.717) is 23.7 Å². The van der Waals surface area contributed by atoms with Gasteiger partial charge in [-0.2, -0.15) is 0 Å². The molecule has 0 aliphatic heterocycles. The number of pyridine rings is 1. The fourth-order valence-electron chi connectivity index (χ4n) is 3.93. The van der Waals surface area contributed by atoms with Crippen molar-refractivity contribution in [3.05, 3.63) is 53.1 Å². The first-order valence-corrected chi connectivity index (χ1v) is 9.64. The first kappa shape index (κ1) is 18.2. The van der Waals surface area contributed by atoms with Crippen LogP contribution in [0.4, 0.5) is 5.69 Å². The van der Waals surface area contributed by atoms with Crippen molar-refractivity contribution in [1.82, 2.24) is 20.3 Å². The number of anilines is 1. The van der Waals surface area contributed by atoms with Gasteiger partial charge in [-0.05, 0) is 30.5 Å². The van der Waals surface area contributed by atoms with E-state index in [0.717, 1.165) is 41.0 Å². The Labute approximate surface area is 163 Å². The standard InChI is InChI=1S/C21H24N6O/c1-23-16-8-4-7-14(15(16)11-22)12-25-21(28)19-18-17(9-10-24-19)26-20(27-18)13-5-2-3-6-13/h4,7-11,13,22-23H,2-3,5-6,12H2,1H3,(H,25,28)(H,26,27). The van der Waals surface area contributed by atoms with E-state index >= 15 is 0 Å². The topological polar surface area (TPSA) is 107 Å². The summed E-state index contributed by atoms with van der Waals surface area (Å²) in [6.45, 7) is 0.317. The Morgan fingerprint density at radius 2 is 2.14 bits per heavy atom. The maximum absolute atomic E-state index is 12.8. The monoisotopic (exact) mass is 376 g/mol. The van der Waals surface area contributed by atoms with E-state index in [9.17, 15) is 4.79 Å². The van der Waals surface area contributed by atoms with E-state index in [1.165, 1.54) is 19.1 Å². The zero-order chi connectivity index (χ0) is 19.5. The number of aromatic nitrogens is 3. The lowest BCUT2D eigenvalue weighted by Gasteiger charge is -2.11. The second-order valence-corrected chi connectivity index (χ2v) is 7.11. The van der Waals surface area contributed by atoms with Gasteiger partial charge in [-0.3, -0.25) is 4.79 Å². The molecule has 0 unspecified atom stereocenters. The molecule has 4 N–H and O–H groups in total. The van der Waals surface area contributed by atoms with Crippen LogP contribution in [0.25, 0.3) is 11.0 Å². The molecule has 7 heteroatoms. The van der Waals surface area contributed by atoms with Crippen molar-refractivity contribution in [2.24, 2.45) is 0 Å². The summed E-state index contributed by atoms with van der Waals surface area (Å²) >= 11 is 0. The summed E-state index contributed by atoms with van der Waals surface area (Å²) in [6.07, 6.45) is 7.68. The van der Waals surface area contributed by atoms with Crippen molar-refractivity contribution < 1.29 is 4.79 Å². The number of carbonyl (C=O) groups excluding carboxylic acids is 1. The molecule has 3 aromatic rings. The van der Waals surface area contributed by atoms with Crippen molar-refractivity contribution in [2.75, 3.05) is 12.4 Å². The highest BCUT2D eigenvalue weighted by Gasteiger charge is 2.22. The average Bonchev–Trinajstić information content (AvgIpc) is 3.40. The lowest BCUT2D eigenvalue weighted by Crippen LogP contribution is -2.24. The Morgan fingerprint density at radius 1 is 1.32 bits per heavy atom. The molecule has 2 aromatic heterocycles. The number of fused-ring (bicyclic) bond motifs is 1. The van der Waals surface area contributed by atoms with Gasteiger partial charge in [0.15, 0.2) is 5.69 Å². The van der Waals surface area contributed by atoms with Crippen LogP contribution in [0, 0.1) is 5.41 Å². The maximum Gasteiger partial charge on any atom is 0.272 e. The number of amides is 1. The summed E-state index contributed by atoms with van der Waals surface area (Å²) in [4.78, 5) is 25.2.